The van der Waals surface area contributed by atoms with Crippen LogP contribution in [0.5, 0.6) is 5.75 Å². The summed E-state index contributed by atoms with van der Waals surface area (Å²) < 4.78 is 5.54. The van der Waals surface area contributed by atoms with E-state index in [2.05, 4.69) is 0 Å². The summed E-state index contributed by atoms with van der Waals surface area (Å²) in [4.78, 5) is 27.9. The number of ketones is 1. The zero-order valence-corrected chi connectivity index (χ0v) is 18.3. The molecule has 1 atom stereocenters. The highest BCUT2D eigenvalue weighted by Crippen LogP contribution is 2.42. The Hall–Kier alpha value is -3.86. The number of aliphatic hydroxyl groups excluding tert-OH is 1. The summed E-state index contributed by atoms with van der Waals surface area (Å²) in [5.41, 5.74) is 3.83. The third-order valence-electron chi connectivity index (χ3n) is 5.46. The number of aliphatic hydroxyl groups is 1. The molecule has 3 aromatic carbocycles. The smallest absolute Gasteiger partial charge is 0.300 e. The van der Waals surface area contributed by atoms with E-state index in [0.29, 0.717) is 23.6 Å². The first-order valence-electron chi connectivity index (χ1n) is 10.6. The minimum atomic E-state index is -0.742. The summed E-state index contributed by atoms with van der Waals surface area (Å²) >= 11 is 0. The van der Waals surface area contributed by atoms with Crippen molar-refractivity contribution in [2.24, 2.45) is 0 Å². The molecule has 3 aromatic rings. The quantitative estimate of drug-likeness (QED) is 0.340. The molecule has 0 aliphatic carbocycles. The lowest BCUT2D eigenvalue weighted by atomic mass is 9.95. The Bertz CT molecular complexity index is 1190. The van der Waals surface area contributed by atoms with E-state index in [9.17, 15) is 14.7 Å². The molecule has 1 saturated heterocycles. The maximum atomic E-state index is 13.2. The third kappa shape index (κ3) is 3.89. The van der Waals surface area contributed by atoms with E-state index < -0.39 is 17.7 Å². The van der Waals surface area contributed by atoms with Gasteiger partial charge in [0.1, 0.15) is 11.5 Å². The van der Waals surface area contributed by atoms with Crippen LogP contribution in [0.4, 0.5) is 5.69 Å². The molecule has 5 heteroatoms. The molecule has 1 heterocycles. The van der Waals surface area contributed by atoms with Crippen LogP contribution in [0.2, 0.25) is 0 Å². The number of ether oxygens (including phenoxy) is 1. The lowest BCUT2D eigenvalue weighted by molar-refractivity contribution is -0.132. The van der Waals surface area contributed by atoms with Crippen LogP contribution in [-0.4, -0.2) is 23.4 Å². The van der Waals surface area contributed by atoms with Crippen LogP contribution in [-0.2, 0) is 9.59 Å². The second-order valence-electron chi connectivity index (χ2n) is 7.89. The second kappa shape index (κ2) is 8.71. The number of anilines is 1. The van der Waals surface area contributed by atoms with Crippen LogP contribution in [0.25, 0.3) is 5.76 Å². The first-order valence-corrected chi connectivity index (χ1v) is 10.6. The number of hydrogen-bond acceptors (Lipinski definition) is 4. The monoisotopic (exact) mass is 427 g/mol. The van der Waals surface area contributed by atoms with Gasteiger partial charge in [0, 0.05) is 11.3 Å². The Kier molecular flexibility index (Phi) is 5.82. The van der Waals surface area contributed by atoms with Crippen molar-refractivity contribution < 1.29 is 19.4 Å². The summed E-state index contributed by atoms with van der Waals surface area (Å²) in [6.45, 7) is 6.25. The van der Waals surface area contributed by atoms with Gasteiger partial charge in [-0.3, -0.25) is 14.5 Å². The van der Waals surface area contributed by atoms with Crippen LogP contribution < -0.4 is 9.64 Å². The topological polar surface area (TPSA) is 66.8 Å². The molecule has 0 spiro atoms. The first kappa shape index (κ1) is 21.4. The van der Waals surface area contributed by atoms with E-state index in [1.807, 2.05) is 69.3 Å². The van der Waals surface area contributed by atoms with Gasteiger partial charge in [0.15, 0.2) is 0 Å². The van der Waals surface area contributed by atoms with Gasteiger partial charge in [0.05, 0.1) is 18.2 Å². The van der Waals surface area contributed by atoms with Crippen molar-refractivity contribution in [1.82, 2.24) is 0 Å². The molecule has 1 unspecified atom stereocenters. The Morgan fingerprint density at radius 2 is 1.62 bits per heavy atom. The van der Waals surface area contributed by atoms with E-state index in [1.54, 1.807) is 24.3 Å². The zero-order valence-electron chi connectivity index (χ0n) is 18.3. The van der Waals surface area contributed by atoms with Gasteiger partial charge >= 0.3 is 0 Å². The molecule has 0 aromatic heterocycles. The number of benzene rings is 3. The minimum absolute atomic E-state index is 0.0639. The van der Waals surface area contributed by atoms with Crippen molar-refractivity contribution >= 4 is 23.1 Å². The SMILES string of the molecule is CCOc1cccc(/C(O)=C2\C(=O)C(=O)N(c3cc(C)cc(C)c3)C2c2ccccc2)c1. The first-order chi connectivity index (χ1) is 15.4. The van der Waals surface area contributed by atoms with Crippen LogP contribution in [0, 0.1) is 13.8 Å². The molecule has 0 bridgehead atoms. The van der Waals surface area contributed by atoms with Crippen molar-refractivity contribution in [3.8, 4) is 5.75 Å². The zero-order chi connectivity index (χ0) is 22.8. The summed E-state index contributed by atoms with van der Waals surface area (Å²) in [6.07, 6.45) is 0. The number of carbonyl (C=O) groups excluding carboxylic acids is 2. The predicted molar refractivity (Wildman–Crippen MR) is 125 cm³/mol. The lowest BCUT2D eigenvalue weighted by Gasteiger charge is -2.26. The average molecular weight is 428 g/mol. The molecule has 1 N–H and O–H groups in total. The van der Waals surface area contributed by atoms with Crippen molar-refractivity contribution in [1.29, 1.82) is 0 Å². The summed E-state index contributed by atoms with van der Waals surface area (Å²) in [5, 5.41) is 11.2. The third-order valence-corrected chi connectivity index (χ3v) is 5.46. The Balaban J connectivity index is 1.93. The molecule has 162 valence electrons. The highest BCUT2D eigenvalue weighted by atomic mass is 16.5. The van der Waals surface area contributed by atoms with E-state index in [0.717, 1.165) is 16.7 Å². The summed E-state index contributed by atoms with van der Waals surface area (Å²) in [6, 6.07) is 21.2. The van der Waals surface area contributed by atoms with E-state index in [4.69, 9.17) is 4.74 Å². The van der Waals surface area contributed by atoms with Crippen molar-refractivity contribution in [2.45, 2.75) is 26.8 Å². The molecule has 1 aliphatic rings. The summed E-state index contributed by atoms with van der Waals surface area (Å²) in [5.74, 6) is -1.01. The van der Waals surface area contributed by atoms with E-state index in [1.165, 1.54) is 4.90 Å². The van der Waals surface area contributed by atoms with Crippen LogP contribution in [0.3, 0.4) is 0 Å². The standard InChI is InChI=1S/C27H25NO4/c1-4-32-22-12-8-11-20(16-22)25(29)23-24(19-9-6-5-7-10-19)28(27(31)26(23)30)21-14-17(2)13-18(3)15-21/h5-16,24,29H,4H2,1-3H3/b25-23+. The van der Waals surface area contributed by atoms with Gasteiger partial charge in [0.2, 0.25) is 0 Å². The van der Waals surface area contributed by atoms with Gasteiger partial charge in [-0.2, -0.15) is 0 Å². The fraction of sp³-hybridized carbons (Fsp3) is 0.185. The lowest BCUT2D eigenvalue weighted by Crippen LogP contribution is -2.29. The molecule has 0 saturated carbocycles. The summed E-state index contributed by atoms with van der Waals surface area (Å²) in [7, 11) is 0. The molecule has 32 heavy (non-hydrogen) atoms. The van der Waals surface area contributed by atoms with Gasteiger partial charge in [-0.15, -0.1) is 0 Å². The fourth-order valence-corrected chi connectivity index (χ4v) is 4.19. The van der Waals surface area contributed by atoms with Gasteiger partial charge in [-0.25, -0.2) is 0 Å². The molecular formula is C27H25NO4. The highest BCUT2D eigenvalue weighted by Gasteiger charge is 2.47. The Morgan fingerprint density at radius 1 is 0.938 bits per heavy atom. The van der Waals surface area contributed by atoms with E-state index >= 15 is 0 Å². The Labute approximate surface area is 187 Å². The molecular weight excluding hydrogens is 402 g/mol. The highest BCUT2D eigenvalue weighted by molar-refractivity contribution is 6.51. The van der Waals surface area contributed by atoms with Gasteiger partial charge in [-0.1, -0.05) is 48.5 Å². The van der Waals surface area contributed by atoms with Gasteiger partial charge in [-0.05, 0) is 61.7 Å². The molecule has 1 amide bonds. The number of nitrogens with zero attached hydrogens (tertiary/aromatic N) is 1. The van der Waals surface area contributed by atoms with Gasteiger partial charge in [0.25, 0.3) is 11.7 Å². The van der Waals surface area contributed by atoms with Crippen LogP contribution in [0.1, 0.15) is 35.2 Å². The number of aryl methyl sites for hydroxylation is 2. The van der Waals surface area contributed by atoms with Crippen LogP contribution >= 0.6 is 0 Å². The van der Waals surface area contributed by atoms with Crippen LogP contribution in [0.15, 0.2) is 78.4 Å². The molecule has 4 rings (SSSR count). The predicted octanol–water partition coefficient (Wildman–Crippen LogP) is 5.33. The normalized spacial score (nSPS) is 17.6. The molecule has 1 fully saturated rings. The molecule has 1 aliphatic heterocycles. The Morgan fingerprint density at radius 3 is 2.28 bits per heavy atom. The number of rotatable bonds is 5. The van der Waals surface area contributed by atoms with E-state index in [-0.39, 0.29) is 11.3 Å². The molecule has 5 nitrogen and oxygen atoms in total. The van der Waals surface area contributed by atoms with Crippen molar-refractivity contribution in [2.75, 3.05) is 11.5 Å². The second-order valence-corrected chi connectivity index (χ2v) is 7.89. The van der Waals surface area contributed by atoms with Crippen molar-refractivity contribution in [3.05, 3.63) is 101 Å². The molecule has 0 radical (unpaired) electrons. The maximum absolute atomic E-state index is 13.2. The van der Waals surface area contributed by atoms with Gasteiger partial charge < -0.3 is 9.84 Å². The largest absolute Gasteiger partial charge is 0.507 e. The maximum Gasteiger partial charge on any atom is 0.300 e. The number of carbonyl (C=O) groups is 2. The van der Waals surface area contributed by atoms with Crippen molar-refractivity contribution in [3.63, 3.8) is 0 Å². The fourth-order valence-electron chi connectivity index (χ4n) is 4.19. The average Bonchev–Trinajstić information content (AvgIpc) is 3.04. The number of hydrogen-bond donors (Lipinski definition) is 1. The minimum Gasteiger partial charge on any atom is -0.507 e. The number of Topliss-reactive ketones (excluding diaryl/α,β-unsaturated/α-hetero) is 1. The number of amides is 1.